The Bertz CT molecular complexity index is 873. The van der Waals surface area contributed by atoms with Crippen molar-refractivity contribution in [1.29, 1.82) is 0 Å². The number of nitrogens with zero attached hydrogens (tertiary/aromatic N) is 5. The molecule has 10 heteroatoms. The molecule has 1 amide bonds. The number of hydrogen-bond donors (Lipinski definition) is 1. The largest absolute Gasteiger partial charge is 0.416 e. The van der Waals surface area contributed by atoms with Crippen LogP contribution < -0.4 is 5.73 Å². The van der Waals surface area contributed by atoms with Crippen LogP contribution in [0.4, 0.5) is 19.1 Å². The highest BCUT2D eigenvalue weighted by molar-refractivity contribution is 6.00. The van der Waals surface area contributed by atoms with Crippen molar-refractivity contribution in [1.82, 2.24) is 14.9 Å². The van der Waals surface area contributed by atoms with Crippen LogP contribution in [0.25, 0.3) is 0 Å². The Kier molecular flexibility index (Phi) is 8.47. The molecule has 1 heterocycles. The van der Waals surface area contributed by atoms with Gasteiger partial charge in [-0.1, -0.05) is 13.0 Å². The molecule has 1 aromatic heterocycles. The molecule has 168 valence electrons. The van der Waals surface area contributed by atoms with E-state index < -0.39 is 23.7 Å². The Labute approximate surface area is 179 Å². The van der Waals surface area contributed by atoms with E-state index in [1.54, 1.807) is 19.9 Å². The van der Waals surface area contributed by atoms with Crippen molar-refractivity contribution in [2.45, 2.75) is 52.3 Å². The molecule has 0 saturated heterocycles. The Hall–Kier alpha value is -3.04. The minimum Gasteiger partial charge on any atom is -0.390 e. The van der Waals surface area contributed by atoms with E-state index in [-0.39, 0.29) is 23.8 Å². The van der Waals surface area contributed by atoms with E-state index in [1.807, 2.05) is 0 Å². The molecule has 1 aliphatic carbocycles. The number of halogens is 3. The first kappa shape index (κ1) is 24.2. The Morgan fingerprint density at radius 2 is 2.00 bits per heavy atom. The second kappa shape index (κ2) is 10.8. The lowest BCUT2D eigenvalue weighted by Gasteiger charge is -2.30. The number of allylic oxidation sites excluding steroid dienone is 3. The third kappa shape index (κ3) is 7.01. The van der Waals surface area contributed by atoms with Crippen molar-refractivity contribution in [3.63, 3.8) is 0 Å². The zero-order valence-electron chi connectivity index (χ0n) is 17.8. The predicted octanol–water partition coefficient (Wildman–Crippen LogP) is 3.97. The number of amides is 1. The van der Waals surface area contributed by atoms with Gasteiger partial charge in [0.2, 0.25) is 5.91 Å². The number of rotatable bonds is 8. The highest BCUT2D eigenvalue weighted by atomic mass is 19.4. The molecule has 2 N–H and O–H groups in total. The maximum atomic E-state index is 13.3. The molecule has 7 nitrogen and oxygen atoms in total. The Morgan fingerprint density at radius 1 is 1.35 bits per heavy atom. The van der Waals surface area contributed by atoms with E-state index in [1.165, 1.54) is 24.2 Å². The standard InChI is InChI=1S/C21H27F3N6O/c1-4-16(11-17(5-2)21(22,23)24)19(31)30(12-15-7-8-15)14(3)18(28-13-25)29-20-26-9-6-10-27-20/h5-6,9-11,13-15H,4,7-8,12H2,1-3H3,(H2,25,26,27,28,29)/b16-11+,17-5+. The van der Waals surface area contributed by atoms with E-state index in [4.69, 9.17) is 5.73 Å². The maximum Gasteiger partial charge on any atom is 0.416 e. The highest BCUT2D eigenvalue weighted by Crippen LogP contribution is 2.32. The summed E-state index contributed by atoms with van der Waals surface area (Å²) in [6.45, 7) is 5.05. The number of carbonyl (C=O) groups excluding carboxylic acids is 1. The topological polar surface area (TPSA) is 96.8 Å². The first-order valence-corrected chi connectivity index (χ1v) is 10.1. The number of aliphatic imine (C=N–C) groups is 2. The molecule has 1 fully saturated rings. The summed E-state index contributed by atoms with van der Waals surface area (Å²) in [5.74, 6) is 0.150. The van der Waals surface area contributed by atoms with Gasteiger partial charge in [-0.15, -0.1) is 0 Å². The van der Waals surface area contributed by atoms with E-state index in [9.17, 15) is 18.0 Å². The minimum absolute atomic E-state index is 0.0602. The Morgan fingerprint density at radius 3 is 2.48 bits per heavy atom. The van der Waals surface area contributed by atoms with Crippen molar-refractivity contribution < 1.29 is 18.0 Å². The second-order valence-electron chi connectivity index (χ2n) is 7.14. The monoisotopic (exact) mass is 436 g/mol. The fourth-order valence-corrected chi connectivity index (χ4v) is 2.91. The van der Waals surface area contributed by atoms with Crippen LogP contribution in [0.2, 0.25) is 0 Å². The van der Waals surface area contributed by atoms with E-state index in [2.05, 4.69) is 20.0 Å². The summed E-state index contributed by atoms with van der Waals surface area (Å²) in [5.41, 5.74) is 4.67. The second-order valence-corrected chi connectivity index (χ2v) is 7.14. The summed E-state index contributed by atoms with van der Waals surface area (Å²) >= 11 is 0. The van der Waals surface area contributed by atoms with Crippen LogP contribution in [0, 0.1) is 5.92 Å². The molecule has 31 heavy (non-hydrogen) atoms. The van der Waals surface area contributed by atoms with Gasteiger partial charge in [0.15, 0.2) is 5.84 Å². The average Bonchev–Trinajstić information content (AvgIpc) is 3.56. The smallest absolute Gasteiger partial charge is 0.390 e. The summed E-state index contributed by atoms with van der Waals surface area (Å²) in [6.07, 6.45) is 3.47. The van der Waals surface area contributed by atoms with Gasteiger partial charge in [0, 0.05) is 24.5 Å². The molecular formula is C21H27F3N6O. The van der Waals surface area contributed by atoms with Gasteiger partial charge in [-0.2, -0.15) is 18.2 Å². The van der Waals surface area contributed by atoms with E-state index in [0.29, 0.717) is 12.5 Å². The zero-order valence-corrected chi connectivity index (χ0v) is 17.8. The van der Waals surface area contributed by atoms with Gasteiger partial charge in [0.05, 0.1) is 18.0 Å². The summed E-state index contributed by atoms with van der Waals surface area (Å²) in [5, 5.41) is 0. The lowest BCUT2D eigenvalue weighted by atomic mass is 10.1. The van der Waals surface area contributed by atoms with Crippen molar-refractivity contribution in [2.24, 2.45) is 21.6 Å². The van der Waals surface area contributed by atoms with Gasteiger partial charge in [0.1, 0.15) is 0 Å². The first-order valence-electron chi connectivity index (χ1n) is 10.1. The van der Waals surface area contributed by atoms with Crippen molar-refractivity contribution in [3.05, 3.63) is 41.8 Å². The molecule has 0 radical (unpaired) electrons. The summed E-state index contributed by atoms with van der Waals surface area (Å²) in [4.78, 5) is 31.2. The molecular weight excluding hydrogens is 409 g/mol. The minimum atomic E-state index is -4.54. The van der Waals surface area contributed by atoms with Gasteiger partial charge >= 0.3 is 6.18 Å². The van der Waals surface area contributed by atoms with Crippen LogP contribution in [0.3, 0.4) is 0 Å². The summed E-state index contributed by atoms with van der Waals surface area (Å²) < 4.78 is 39.7. The van der Waals surface area contributed by atoms with Crippen molar-refractivity contribution in [3.8, 4) is 0 Å². The Balaban J connectivity index is 2.42. The first-order chi connectivity index (χ1) is 14.7. The van der Waals surface area contributed by atoms with Crippen LogP contribution in [0.15, 0.2) is 51.7 Å². The molecule has 1 aromatic rings. The van der Waals surface area contributed by atoms with Crippen LogP contribution >= 0.6 is 0 Å². The molecule has 1 saturated carbocycles. The fourth-order valence-electron chi connectivity index (χ4n) is 2.91. The van der Waals surface area contributed by atoms with Gasteiger partial charge in [-0.25, -0.2) is 15.0 Å². The molecule has 2 rings (SSSR count). The van der Waals surface area contributed by atoms with Gasteiger partial charge < -0.3 is 10.6 Å². The SMILES string of the molecule is C/C=C(\C=C(/CC)C(=O)N(CC1CC1)C(C)C(N=CN)=Nc1ncccn1)C(F)(F)F. The van der Waals surface area contributed by atoms with Gasteiger partial charge in [-0.3, -0.25) is 4.79 Å². The average molecular weight is 436 g/mol. The van der Waals surface area contributed by atoms with E-state index in [0.717, 1.165) is 31.3 Å². The lowest BCUT2D eigenvalue weighted by molar-refractivity contribution is -0.128. The van der Waals surface area contributed by atoms with Crippen LogP contribution in [0.1, 0.15) is 40.0 Å². The third-order valence-electron chi connectivity index (χ3n) is 4.85. The van der Waals surface area contributed by atoms with Gasteiger partial charge in [0.25, 0.3) is 5.95 Å². The molecule has 0 aromatic carbocycles. The molecule has 1 atom stereocenters. The maximum absolute atomic E-state index is 13.3. The highest BCUT2D eigenvalue weighted by Gasteiger charge is 2.35. The zero-order chi connectivity index (χ0) is 23.0. The van der Waals surface area contributed by atoms with Crippen molar-refractivity contribution in [2.75, 3.05) is 6.54 Å². The quantitative estimate of drug-likeness (QED) is 0.289. The molecule has 0 bridgehead atoms. The number of carbonyl (C=O) groups is 1. The molecule has 0 spiro atoms. The summed E-state index contributed by atoms with van der Waals surface area (Å²) in [6, 6.07) is 0.987. The third-order valence-corrected chi connectivity index (χ3v) is 4.85. The summed E-state index contributed by atoms with van der Waals surface area (Å²) in [7, 11) is 0. The number of alkyl halides is 3. The number of aromatic nitrogens is 2. The fraction of sp³-hybridized carbons (Fsp3) is 0.476. The van der Waals surface area contributed by atoms with Crippen LogP contribution in [-0.2, 0) is 4.79 Å². The number of amidine groups is 1. The lowest BCUT2D eigenvalue weighted by Crippen LogP contribution is -2.45. The van der Waals surface area contributed by atoms with Crippen LogP contribution in [0.5, 0.6) is 0 Å². The van der Waals surface area contributed by atoms with Gasteiger partial charge in [-0.05, 0) is 51.2 Å². The van der Waals surface area contributed by atoms with E-state index >= 15 is 0 Å². The van der Waals surface area contributed by atoms with Crippen molar-refractivity contribution >= 4 is 24.0 Å². The molecule has 1 aliphatic rings. The molecule has 0 aliphatic heterocycles. The molecule has 1 unspecified atom stereocenters. The normalized spacial score (nSPS) is 17.2. The number of hydrogen-bond acceptors (Lipinski definition) is 4. The number of nitrogens with two attached hydrogens (primary N) is 1. The van der Waals surface area contributed by atoms with Crippen LogP contribution in [-0.4, -0.2) is 51.7 Å². The predicted molar refractivity (Wildman–Crippen MR) is 114 cm³/mol.